The number of para-hydroxylation sites is 1. The van der Waals surface area contributed by atoms with Crippen molar-refractivity contribution in [3.05, 3.63) is 224 Å². The van der Waals surface area contributed by atoms with E-state index < -0.39 is 0 Å². The third kappa shape index (κ3) is 6.24. The van der Waals surface area contributed by atoms with Gasteiger partial charge in [0.05, 0.1) is 0 Å². The maximum Gasteiger partial charge on any atom is 0.143 e. The highest BCUT2D eigenvalue weighted by Crippen LogP contribution is 2.43. The van der Waals surface area contributed by atoms with E-state index in [2.05, 4.69) is 217 Å². The van der Waals surface area contributed by atoms with Crippen LogP contribution in [0.5, 0.6) is 0 Å². The zero-order valence-electron chi connectivity index (χ0n) is 30.7. The van der Waals surface area contributed by atoms with Gasteiger partial charge in [-0.05, 0) is 98.2 Å². The van der Waals surface area contributed by atoms with Gasteiger partial charge in [0.1, 0.15) is 11.3 Å². The van der Waals surface area contributed by atoms with Crippen LogP contribution in [-0.4, -0.2) is 0 Å². The molecule has 56 heavy (non-hydrogen) atoms. The van der Waals surface area contributed by atoms with Gasteiger partial charge in [0.25, 0.3) is 0 Å². The van der Waals surface area contributed by atoms with E-state index in [1.165, 1.54) is 33.0 Å². The quantitative estimate of drug-likeness (QED) is 0.156. The molecular weight excluding hydrogens is 679 g/mol. The summed E-state index contributed by atoms with van der Waals surface area (Å²) in [5.41, 5.74) is 14.6. The molecule has 0 atom stereocenters. The topological polar surface area (TPSA) is 16.4 Å². The van der Waals surface area contributed by atoms with Crippen molar-refractivity contribution in [1.82, 2.24) is 0 Å². The molecule has 0 radical (unpaired) electrons. The van der Waals surface area contributed by atoms with Crippen LogP contribution in [-0.2, 0) is 0 Å². The molecule has 0 aliphatic heterocycles. The maximum absolute atomic E-state index is 6.57. The van der Waals surface area contributed by atoms with Gasteiger partial charge in [-0.1, -0.05) is 176 Å². The summed E-state index contributed by atoms with van der Waals surface area (Å²) in [6.45, 7) is 0. The summed E-state index contributed by atoms with van der Waals surface area (Å²) in [6.07, 6.45) is 0. The summed E-state index contributed by atoms with van der Waals surface area (Å²) in [5.74, 6) is 0.883. The Morgan fingerprint density at radius 3 is 1.54 bits per heavy atom. The zero-order chi connectivity index (χ0) is 37.3. The number of hydrogen-bond donors (Lipinski definition) is 0. The van der Waals surface area contributed by atoms with Crippen LogP contribution >= 0.6 is 0 Å². The molecule has 0 N–H and O–H groups in total. The summed E-state index contributed by atoms with van der Waals surface area (Å²) >= 11 is 0. The third-order valence-electron chi connectivity index (χ3n) is 10.7. The lowest BCUT2D eigenvalue weighted by molar-refractivity contribution is 0.632. The van der Waals surface area contributed by atoms with Crippen LogP contribution < -0.4 is 4.90 Å². The Bertz CT molecular complexity index is 2940. The van der Waals surface area contributed by atoms with Crippen molar-refractivity contribution in [2.75, 3.05) is 4.90 Å². The molecule has 0 saturated heterocycles. The predicted molar refractivity (Wildman–Crippen MR) is 236 cm³/mol. The molecule has 1 heterocycles. The highest BCUT2D eigenvalue weighted by molar-refractivity contribution is 6.02. The predicted octanol–water partition coefficient (Wildman–Crippen LogP) is 15.4. The lowest BCUT2D eigenvalue weighted by Gasteiger charge is -2.26. The number of benzene rings is 9. The summed E-state index contributed by atoms with van der Waals surface area (Å²) in [6, 6.07) is 79.9. The first-order chi connectivity index (χ1) is 27.8. The minimum atomic E-state index is 0.883. The first kappa shape index (κ1) is 33.2. The molecule has 0 amide bonds. The molecule has 0 aliphatic rings. The van der Waals surface area contributed by atoms with Crippen LogP contribution in [0.3, 0.4) is 0 Å². The van der Waals surface area contributed by atoms with Crippen LogP contribution in [0, 0.1) is 0 Å². The second kappa shape index (κ2) is 14.4. The van der Waals surface area contributed by atoms with Gasteiger partial charge in [0.2, 0.25) is 0 Å². The van der Waals surface area contributed by atoms with Crippen molar-refractivity contribution in [2.45, 2.75) is 0 Å². The fourth-order valence-corrected chi connectivity index (χ4v) is 7.94. The SMILES string of the molecule is c1ccc(-c2ccccc2-c2ccc(N(c3ccc(-c4cccc(-c5oc6ccccc6c5-c5ccccc5)c4)cc3)c3ccc4ccccc4c3)cc2)cc1. The summed E-state index contributed by atoms with van der Waals surface area (Å²) in [4.78, 5) is 2.35. The Morgan fingerprint density at radius 1 is 0.304 bits per heavy atom. The van der Waals surface area contributed by atoms with Gasteiger partial charge in [0, 0.05) is 33.6 Å². The van der Waals surface area contributed by atoms with Gasteiger partial charge in [-0.3, -0.25) is 0 Å². The van der Waals surface area contributed by atoms with Gasteiger partial charge in [-0.15, -0.1) is 0 Å². The summed E-state index contributed by atoms with van der Waals surface area (Å²) < 4.78 is 6.57. The number of nitrogens with zero attached hydrogens (tertiary/aromatic N) is 1. The Hall–Kier alpha value is -7.42. The molecule has 2 heteroatoms. The number of anilines is 3. The van der Waals surface area contributed by atoms with Crippen molar-refractivity contribution in [3.63, 3.8) is 0 Å². The minimum Gasteiger partial charge on any atom is -0.455 e. The van der Waals surface area contributed by atoms with Crippen LogP contribution in [0.1, 0.15) is 0 Å². The van der Waals surface area contributed by atoms with Crippen molar-refractivity contribution >= 4 is 38.8 Å². The minimum absolute atomic E-state index is 0.883. The molecule has 10 aromatic rings. The Kier molecular flexibility index (Phi) is 8.55. The molecule has 0 spiro atoms. The van der Waals surface area contributed by atoms with Crippen molar-refractivity contribution in [1.29, 1.82) is 0 Å². The van der Waals surface area contributed by atoms with Gasteiger partial charge >= 0.3 is 0 Å². The molecule has 264 valence electrons. The molecule has 0 fully saturated rings. The van der Waals surface area contributed by atoms with Gasteiger partial charge in [0.15, 0.2) is 0 Å². The molecule has 0 saturated carbocycles. The van der Waals surface area contributed by atoms with Crippen LogP contribution in [0.25, 0.3) is 77.6 Å². The standard InChI is InChI=1S/C54H37NO/c1-3-15-40(16-4-1)49-22-9-10-23-50(49)41-29-33-47(34-30-41)55(48-35-28-38-14-7-8-19-44(38)37-48)46-31-26-39(27-32-46)43-20-13-21-45(36-43)54-53(42-17-5-2-6-18-42)51-24-11-12-25-52(51)56-54/h1-37H. The van der Waals surface area contributed by atoms with E-state index in [0.29, 0.717) is 0 Å². The Balaban J connectivity index is 1.03. The number of furan rings is 1. The highest BCUT2D eigenvalue weighted by atomic mass is 16.3. The van der Waals surface area contributed by atoms with Gasteiger partial charge in [-0.25, -0.2) is 0 Å². The molecule has 1 aromatic heterocycles. The average Bonchev–Trinajstić information content (AvgIpc) is 3.68. The lowest BCUT2D eigenvalue weighted by Crippen LogP contribution is -2.09. The summed E-state index contributed by atoms with van der Waals surface area (Å²) in [5, 5.41) is 3.54. The lowest BCUT2D eigenvalue weighted by atomic mass is 9.94. The fraction of sp³-hybridized carbons (Fsp3) is 0. The van der Waals surface area contributed by atoms with Crippen LogP contribution in [0.15, 0.2) is 229 Å². The van der Waals surface area contributed by atoms with Crippen molar-refractivity contribution in [3.8, 4) is 55.8 Å². The largest absolute Gasteiger partial charge is 0.455 e. The van der Waals surface area contributed by atoms with Crippen molar-refractivity contribution in [2.24, 2.45) is 0 Å². The van der Waals surface area contributed by atoms with Gasteiger partial charge in [-0.2, -0.15) is 0 Å². The van der Waals surface area contributed by atoms with Gasteiger partial charge < -0.3 is 9.32 Å². The first-order valence-corrected chi connectivity index (χ1v) is 19.1. The number of rotatable bonds is 8. The van der Waals surface area contributed by atoms with E-state index >= 15 is 0 Å². The van der Waals surface area contributed by atoms with E-state index in [1.54, 1.807) is 0 Å². The van der Waals surface area contributed by atoms with Crippen LogP contribution in [0.2, 0.25) is 0 Å². The number of fused-ring (bicyclic) bond motifs is 2. The smallest absolute Gasteiger partial charge is 0.143 e. The Labute approximate surface area is 327 Å². The normalized spacial score (nSPS) is 11.2. The van der Waals surface area contributed by atoms with Crippen LogP contribution in [0.4, 0.5) is 17.1 Å². The zero-order valence-corrected chi connectivity index (χ0v) is 30.7. The maximum atomic E-state index is 6.57. The average molecular weight is 716 g/mol. The second-order valence-corrected chi connectivity index (χ2v) is 14.1. The molecule has 0 bridgehead atoms. The van der Waals surface area contributed by atoms with Crippen molar-refractivity contribution < 1.29 is 4.42 Å². The molecule has 0 aliphatic carbocycles. The molecule has 2 nitrogen and oxygen atoms in total. The third-order valence-corrected chi connectivity index (χ3v) is 10.7. The molecule has 10 rings (SSSR count). The van der Waals surface area contributed by atoms with E-state index in [-0.39, 0.29) is 0 Å². The second-order valence-electron chi connectivity index (χ2n) is 14.1. The summed E-state index contributed by atoms with van der Waals surface area (Å²) in [7, 11) is 0. The van der Waals surface area contributed by atoms with E-state index in [1.807, 2.05) is 12.1 Å². The molecule has 9 aromatic carbocycles. The van der Waals surface area contributed by atoms with E-state index in [0.717, 1.165) is 61.6 Å². The number of hydrogen-bond acceptors (Lipinski definition) is 2. The van der Waals surface area contributed by atoms with E-state index in [4.69, 9.17) is 4.42 Å². The Morgan fingerprint density at radius 2 is 0.821 bits per heavy atom. The molecular formula is C54H37NO. The first-order valence-electron chi connectivity index (χ1n) is 19.1. The van der Waals surface area contributed by atoms with E-state index in [9.17, 15) is 0 Å². The fourth-order valence-electron chi connectivity index (χ4n) is 7.94. The monoisotopic (exact) mass is 715 g/mol. The molecule has 0 unspecified atom stereocenters. The highest BCUT2D eigenvalue weighted by Gasteiger charge is 2.19.